The van der Waals surface area contributed by atoms with E-state index in [1.54, 1.807) is 0 Å². The molecular weight excluding hydrogens is 227 g/mol. The van der Waals surface area contributed by atoms with Gasteiger partial charge in [0.05, 0.1) is 6.61 Å². The molecule has 0 aromatic heterocycles. The van der Waals surface area contributed by atoms with Crippen molar-refractivity contribution in [2.24, 2.45) is 0 Å². The molecule has 1 unspecified atom stereocenters. The van der Waals surface area contributed by atoms with Crippen LogP contribution in [0.5, 0.6) is 0 Å². The fraction of sp³-hybridized carbons (Fsp3) is 0.571. The number of aliphatic hydroxyl groups excluding tert-OH is 1. The summed E-state index contributed by atoms with van der Waals surface area (Å²) in [6, 6.07) is 0. The lowest BCUT2D eigenvalue weighted by Crippen LogP contribution is -2.25. The summed E-state index contributed by atoms with van der Waals surface area (Å²) in [6.07, 6.45) is -1.26. The number of esters is 1. The lowest BCUT2D eigenvalue weighted by atomic mass is 10.3. The Hall–Kier alpha value is -0.720. The zero-order chi connectivity index (χ0) is 12.1. The van der Waals surface area contributed by atoms with Gasteiger partial charge in [-0.05, 0) is 6.92 Å². The fourth-order valence-corrected chi connectivity index (χ4v) is 1.12. The third-order valence-electron chi connectivity index (χ3n) is 1.24. The molecule has 0 aromatic rings. The Morgan fingerprint density at radius 1 is 1.53 bits per heavy atom. The second-order valence-electron chi connectivity index (χ2n) is 2.78. The number of carbonyl (C=O) groups is 1. The van der Waals surface area contributed by atoms with Crippen LogP contribution in [0.15, 0.2) is 12.2 Å². The predicted molar refractivity (Wildman–Crippen MR) is 49.8 cm³/mol. The molecule has 7 nitrogen and oxygen atoms in total. The zero-order valence-corrected chi connectivity index (χ0v) is 9.01. The standard InChI is InChI=1S/C7H13O7P/c1-5(2)7(9)13-4-6(3-8)14-15(10,11)12/h6,8H,1,3-4H2,2H3,(H2,10,11,12). The number of phosphoric ester groups is 1. The SMILES string of the molecule is C=C(C)C(=O)OCC(CO)OP(=O)(O)O. The lowest BCUT2D eigenvalue weighted by Gasteiger charge is -2.15. The number of carbonyl (C=O) groups excluding carboxylic acids is 1. The van der Waals surface area contributed by atoms with Gasteiger partial charge in [-0.1, -0.05) is 6.58 Å². The summed E-state index contributed by atoms with van der Waals surface area (Å²) in [7, 11) is -4.70. The van der Waals surface area contributed by atoms with E-state index in [9.17, 15) is 9.36 Å². The normalized spacial score (nSPS) is 13.3. The van der Waals surface area contributed by atoms with Gasteiger partial charge in [-0.2, -0.15) is 0 Å². The average Bonchev–Trinajstić information content (AvgIpc) is 2.09. The largest absolute Gasteiger partial charge is 0.470 e. The minimum Gasteiger partial charge on any atom is -0.459 e. The van der Waals surface area contributed by atoms with Crippen molar-refractivity contribution in [1.82, 2.24) is 0 Å². The van der Waals surface area contributed by atoms with Gasteiger partial charge in [-0.3, -0.25) is 4.52 Å². The minimum atomic E-state index is -4.70. The van der Waals surface area contributed by atoms with Gasteiger partial charge < -0.3 is 19.6 Å². The molecule has 0 amide bonds. The molecule has 0 rings (SSSR count). The fourth-order valence-electron chi connectivity index (χ4n) is 0.602. The summed E-state index contributed by atoms with van der Waals surface area (Å²) < 4.78 is 19.0. The molecule has 0 aliphatic rings. The van der Waals surface area contributed by atoms with Crippen molar-refractivity contribution in [2.45, 2.75) is 13.0 Å². The molecule has 8 heteroatoms. The Labute approximate surface area is 86.6 Å². The lowest BCUT2D eigenvalue weighted by molar-refractivity contribution is -0.142. The van der Waals surface area contributed by atoms with Gasteiger partial charge in [0.25, 0.3) is 0 Å². The van der Waals surface area contributed by atoms with Crippen LogP contribution in [0, 0.1) is 0 Å². The first kappa shape index (κ1) is 14.3. The minimum absolute atomic E-state index is 0.142. The van der Waals surface area contributed by atoms with E-state index in [2.05, 4.69) is 15.8 Å². The summed E-state index contributed by atoms with van der Waals surface area (Å²) in [6.45, 7) is 3.60. The van der Waals surface area contributed by atoms with Crippen molar-refractivity contribution in [1.29, 1.82) is 0 Å². The highest BCUT2D eigenvalue weighted by Crippen LogP contribution is 2.37. The van der Waals surface area contributed by atoms with E-state index in [4.69, 9.17) is 14.9 Å². The smallest absolute Gasteiger partial charge is 0.459 e. The molecule has 0 heterocycles. The summed E-state index contributed by atoms with van der Waals surface area (Å²) in [5, 5.41) is 8.66. The molecule has 88 valence electrons. The monoisotopic (exact) mass is 240 g/mol. The van der Waals surface area contributed by atoms with Crippen LogP contribution in [0.2, 0.25) is 0 Å². The van der Waals surface area contributed by atoms with E-state index >= 15 is 0 Å². The number of ether oxygens (including phenoxy) is 1. The number of hydrogen-bond donors (Lipinski definition) is 3. The molecule has 1 atom stereocenters. The van der Waals surface area contributed by atoms with Crippen molar-refractivity contribution < 1.29 is 33.5 Å². The van der Waals surface area contributed by atoms with Crippen molar-refractivity contribution in [3.8, 4) is 0 Å². The third-order valence-corrected chi connectivity index (χ3v) is 1.81. The van der Waals surface area contributed by atoms with Gasteiger partial charge in [0.1, 0.15) is 12.7 Å². The van der Waals surface area contributed by atoms with E-state index in [-0.39, 0.29) is 5.57 Å². The van der Waals surface area contributed by atoms with E-state index < -0.39 is 33.1 Å². The summed E-state index contributed by atoms with van der Waals surface area (Å²) in [5.74, 6) is -0.720. The van der Waals surface area contributed by atoms with Gasteiger partial charge in [0, 0.05) is 5.57 Å². The first-order chi connectivity index (χ1) is 6.76. The second kappa shape index (κ2) is 5.99. The number of rotatable bonds is 6. The Morgan fingerprint density at radius 2 is 2.07 bits per heavy atom. The first-order valence-corrected chi connectivity index (χ1v) is 5.46. The Kier molecular flexibility index (Phi) is 5.71. The van der Waals surface area contributed by atoms with Crippen molar-refractivity contribution in [2.75, 3.05) is 13.2 Å². The molecule has 0 bridgehead atoms. The van der Waals surface area contributed by atoms with Crippen molar-refractivity contribution in [3.63, 3.8) is 0 Å². The van der Waals surface area contributed by atoms with Gasteiger partial charge in [-0.25, -0.2) is 9.36 Å². The molecule has 0 aromatic carbocycles. The molecule has 0 saturated heterocycles. The van der Waals surface area contributed by atoms with Crippen LogP contribution < -0.4 is 0 Å². The second-order valence-corrected chi connectivity index (χ2v) is 3.97. The maximum Gasteiger partial charge on any atom is 0.470 e. The van der Waals surface area contributed by atoms with Crippen LogP contribution in [0.4, 0.5) is 0 Å². The highest BCUT2D eigenvalue weighted by Gasteiger charge is 2.22. The zero-order valence-electron chi connectivity index (χ0n) is 8.12. The van der Waals surface area contributed by atoms with Crippen LogP contribution in [-0.2, 0) is 18.6 Å². The molecular formula is C7H13O7P. The number of hydrogen-bond acceptors (Lipinski definition) is 5. The summed E-state index contributed by atoms with van der Waals surface area (Å²) in [4.78, 5) is 27.7. The molecule has 0 fully saturated rings. The molecule has 0 aliphatic heterocycles. The highest BCUT2D eigenvalue weighted by atomic mass is 31.2. The van der Waals surface area contributed by atoms with Crippen molar-refractivity contribution in [3.05, 3.63) is 12.2 Å². The topological polar surface area (TPSA) is 113 Å². The third kappa shape index (κ3) is 7.24. The summed E-state index contributed by atoms with van der Waals surface area (Å²) >= 11 is 0. The molecule has 0 spiro atoms. The molecule has 0 saturated carbocycles. The highest BCUT2D eigenvalue weighted by molar-refractivity contribution is 7.46. The van der Waals surface area contributed by atoms with E-state index in [0.29, 0.717) is 0 Å². The van der Waals surface area contributed by atoms with Crippen LogP contribution >= 0.6 is 7.82 Å². The molecule has 15 heavy (non-hydrogen) atoms. The first-order valence-electron chi connectivity index (χ1n) is 3.93. The summed E-state index contributed by atoms with van der Waals surface area (Å²) in [5.41, 5.74) is 0.142. The predicted octanol–water partition coefficient (Wildman–Crippen LogP) is -0.424. The molecule has 0 radical (unpaired) electrons. The van der Waals surface area contributed by atoms with Crippen LogP contribution in [-0.4, -0.2) is 40.2 Å². The van der Waals surface area contributed by atoms with Gasteiger partial charge in [-0.15, -0.1) is 0 Å². The van der Waals surface area contributed by atoms with Gasteiger partial charge in [0.15, 0.2) is 0 Å². The van der Waals surface area contributed by atoms with Gasteiger partial charge in [0.2, 0.25) is 0 Å². The van der Waals surface area contributed by atoms with Crippen LogP contribution in [0.25, 0.3) is 0 Å². The van der Waals surface area contributed by atoms with Crippen LogP contribution in [0.3, 0.4) is 0 Å². The maximum absolute atomic E-state index is 10.9. The Bertz CT molecular complexity index is 281. The Balaban J connectivity index is 4.07. The van der Waals surface area contributed by atoms with Gasteiger partial charge >= 0.3 is 13.8 Å². The maximum atomic E-state index is 10.9. The van der Waals surface area contributed by atoms with E-state index in [1.807, 2.05) is 0 Å². The molecule has 3 N–H and O–H groups in total. The Morgan fingerprint density at radius 3 is 2.40 bits per heavy atom. The van der Waals surface area contributed by atoms with E-state index in [1.165, 1.54) is 6.92 Å². The number of aliphatic hydroxyl groups is 1. The van der Waals surface area contributed by atoms with E-state index in [0.717, 1.165) is 0 Å². The van der Waals surface area contributed by atoms with Crippen LogP contribution in [0.1, 0.15) is 6.92 Å². The number of phosphoric acid groups is 1. The molecule has 0 aliphatic carbocycles. The van der Waals surface area contributed by atoms with Crippen molar-refractivity contribution >= 4 is 13.8 Å². The average molecular weight is 240 g/mol. The quantitative estimate of drug-likeness (QED) is 0.328.